The highest BCUT2D eigenvalue weighted by molar-refractivity contribution is 5.90. The fraction of sp³-hybridized carbons (Fsp3) is 0.222. The Labute approximate surface area is 130 Å². The fourth-order valence-corrected chi connectivity index (χ4v) is 1.95. The molecule has 0 saturated heterocycles. The van der Waals surface area contributed by atoms with Crippen LogP contribution in [0.5, 0.6) is 0 Å². The average Bonchev–Trinajstić information content (AvgIpc) is 2.56. The van der Waals surface area contributed by atoms with Crippen LogP contribution in [0.4, 0.5) is 5.69 Å². The molecule has 0 bridgehead atoms. The Balaban J connectivity index is 1.62. The second kappa shape index (κ2) is 8.60. The number of anilines is 1. The number of nitriles is 1. The largest absolute Gasteiger partial charge is 0.377 e. The molecule has 0 heterocycles. The maximum atomic E-state index is 11.8. The number of nitrogens with zero attached hydrogens (tertiary/aromatic N) is 1. The van der Waals surface area contributed by atoms with Crippen LogP contribution >= 0.6 is 0 Å². The lowest BCUT2D eigenvalue weighted by molar-refractivity contribution is -0.116. The van der Waals surface area contributed by atoms with Crippen LogP contribution in [-0.4, -0.2) is 12.5 Å². The van der Waals surface area contributed by atoms with Gasteiger partial charge in [-0.2, -0.15) is 5.26 Å². The Bertz CT molecular complexity index is 630. The number of amides is 1. The zero-order chi connectivity index (χ0) is 15.6. The van der Waals surface area contributed by atoms with E-state index in [1.54, 1.807) is 24.3 Å². The van der Waals surface area contributed by atoms with Gasteiger partial charge in [0.1, 0.15) is 0 Å². The Morgan fingerprint density at radius 1 is 1.09 bits per heavy atom. The predicted molar refractivity (Wildman–Crippen MR) is 85.1 cm³/mol. The molecule has 0 aliphatic carbocycles. The summed E-state index contributed by atoms with van der Waals surface area (Å²) < 4.78 is 5.53. The molecular weight excluding hydrogens is 276 g/mol. The van der Waals surface area contributed by atoms with E-state index in [9.17, 15) is 4.79 Å². The Kier molecular flexibility index (Phi) is 6.16. The van der Waals surface area contributed by atoms with E-state index in [0.29, 0.717) is 37.3 Å². The van der Waals surface area contributed by atoms with Gasteiger partial charge in [0.25, 0.3) is 0 Å². The third-order valence-corrected chi connectivity index (χ3v) is 3.10. The molecule has 2 aromatic rings. The monoisotopic (exact) mass is 294 g/mol. The SMILES string of the molecule is N#Cc1ccc(NC(=O)CCCOCc2ccccc2)cc1. The molecular formula is C18H18N2O2. The molecule has 0 atom stereocenters. The van der Waals surface area contributed by atoms with E-state index in [0.717, 1.165) is 5.56 Å². The highest BCUT2D eigenvalue weighted by Crippen LogP contribution is 2.09. The summed E-state index contributed by atoms with van der Waals surface area (Å²) in [5, 5.41) is 11.5. The molecule has 4 heteroatoms. The smallest absolute Gasteiger partial charge is 0.224 e. The third kappa shape index (κ3) is 5.39. The van der Waals surface area contributed by atoms with Gasteiger partial charge in [0.2, 0.25) is 5.91 Å². The van der Waals surface area contributed by atoms with Crippen LogP contribution in [0, 0.1) is 11.3 Å². The third-order valence-electron chi connectivity index (χ3n) is 3.10. The quantitative estimate of drug-likeness (QED) is 0.795. The first-order valence-corrected chi connectivity index (χ1v) is 7.19. The number of nitrogens with one attached hydrogen (secondary N) is 1. The van der Waals surface area contributed by atoms with Crippen LogP contribution in [-0.2, 0) is 16.1 Å². The molecule has 22 heavy (non-hydrogen) atoms. The topological polar surface area (TPSA) is 62.1 Å². The number of carbonyl (C=O) groups is 1. The van der Waals surface area contributed by atoms with Crippen molar-refractivity contribution in [3.63, 3.8) is 0 Å². The number of hydrogen-bond donors (Lipinski definition) is 1. The lowest BCUT2D eigenvalue weighted by Gasteiger charge is -2.06. The van der Waals surface area contributed by atoms with Crippen molar-refractivity contribution in [1.82, 2.24) is 0 Å². The van der Waals surface area contributed by atoms with Gasteiger partial charge >= 0.3 is 0 Å². The van der Waals surface area contributed by atoms with E-state index in [2.05, 4.69) is 5.32 Å². The van der Waals surface area contributed by atoms with Gasteiger partial charge in [0, 0.05) is 18.7 Å². The second-order valence-corrected chi connectivity index (χ2v) is 4.88. The van der Waals surface area contributed by atoms with Crippen molar-refractivity contribution in [1.29, 1.82) is 5.26 Å². The zero-order valence-electron chi connectivity index (χ0n) is 12.3. The summed E-state index contributed by atoms with van der Waals surface area (Å²) >= 11 is 0. The van der Waals surface area contributed by atoms with Gasteiger partial charge < -0.3 is 10.1 Å². The lowest BCUT2D eigenvalue weighted by Crippen LogP contribution is -2.12. The molecule has 0 aliphatic rings. The maximum absolute atomic E-state index is 11.8. The maximum Gasteiger partial charge on any atom is 0.224 e. The molecule has 2 rings (SSSR count). The Morgan fingerprint density at radius 2 is 1.82 bits per heavy atom. The highest BCUT2D eigenvalue weighted by Gasteiger charge is 2.02. The van der Waals surface area contributed by atoms with Crippen LogP contribution < -0.4 is 5.32 Å². The number of benzene rings is 2. The molecule has 2 aromatic carbocycles. The fourth-order valence-electron chi connectivity index (χ4n) is 1.95. The second-order valence-electron chi connectivity index (χ2n) is 4.88. The molecule has 0 radical (unpaired) electrons. The van der Waals surface area contributed by atoms with E-state index in [-0.39, 0.29) is 5.91 Å². The summed E-state index contributed by atoms with van der Waals surface area (Å²) in [4.78, 5) is 11.8. The van der Waals surface area contributed by atoms with E-state index >= 15 is 0 Å². The van der Waals surface area contributed by atoms with E-state index in [4.69, 9.17) is 10.00 Å². The molecule has 112 valence electrons. The summed E-state index contributed by atoms with van der Waals surface area (Å²) in [6.07, 6.45) is 1.09. The van der Waals surface area contributed by atoms with E-state index in [1.807, 2.05) is 36.4 Å². The van der Waals surface area contributed by atoms with E-state index < -0.39 is 0 Å². The first kappa shape index (κ1) is 15.7. The zero-order valence-corrected chi connectivity index (χ0v) is 12.3. The van der Waals surface area contributed by atoms with Gasteiger partial charge in [-0.05, 0) is 36.2 Å². The van der Waals surface area contributed by atoms with Gasteiger partial charge in [0.15, 0.2) is 0 Å². The molecule has 0 unspecified atom stereocenters. The van der Waals surface area contributed by atoms with Crippen LogP contribution in [0.2, 0.25) is 0 Å². The van der Waals surface area contributed by atoms with Crippen molar-refractivity contribution >= 4 is 11.6 Å². The molecule has 0 spiro atoms. The van der Waals surface area contributed by atoms with Gasteiger partial charge in [-0.3, -0.25) is 4.79 Å². The average molecular weight is 294 g/mol. The van der Waals surface area contributed by atoms with Crippen molar-refractivity contribution in [2.75, 3.05) is 11.9 Å². The molecule has 0 fully saturated rings. The first-order valence-electron chi connectivity index (χ1n) is 7.19. The predicted octanol–water partition coefficient (Wildman–Crippen LogP) is 3.49. The van der Waals surface area contributed by atoms with Crippen LogP contribution in [0.15, 0.2) is 54.6 Å². The van der Waals surface area contributed by atoms with Gasteiger partial charge in [-0.25, -0.2) is 0 Å². The van der Waals surface area contributed by atoms with Gasteiger partial charge in [-0.15, -0.1) is 0 Å². The summed E-state index contributed by atoms with van der Waals surface area (Å²) in [6, 6.07) is 18.8. The molecule has 0 saturated carbocycles. The van der Waals surface area contributed by atoms with Gasteiger partial charge in [-0.1, -0.05) is 30.3 Å². The molecule has 4 nitrogen and oxygen atoms in total. The molecule has 1 amide bonds. The van der Waals surface area contributed by atoms with Crippen LogP contribution in [0.25, 0.3) is 0 Å². The van der Waals surface area contributed by atoms with Crippen molar-refractivity contribution in [3.05, 3.63) is 65.7 Å². The number of hydrogen-bond acceptors (Lipinski definition) is 3. The standard InChI is InChI=1S/C18H18N2O2/c19-13-15-8-10-17(11-9-15)20-18(21)7-4-12-22-14-16-5-2-1-3-6-16/h1-3,5-6,8-11H,4,7,12,14H2,(H,20,21). The normalized spacial score (nSPS) is 9.95. The summed E-state index contributed by atoms with van der Waals surface area (Å²) in [5.41, 5.74) is 2.41. The number of ether oxygens (including phenoxy) is 1. The van der Waals surface area contributed by atoms with Crippen molar-refractivity contribution in [2.45, 2.75) is 19.4 Å². The highest BCUT2D eigenvalue weighted by atomic mass is 16.5. The van der Waals surface area contributed by atoms with Crippen molar-refractivity contribution < 1.29 is 9.53 Å². The Hall–Kier alpha value is -2.64. The Morgan fingerprint density at radius 3 is 2.50 bits per heavy atom. The minimum Gasteiger partial charge on any atom is -0.377 e. The summed E-state index contributed by atoms with van der Waals surface area (Å²) in [6.45, 7) is 1.12. The number of carbonyl (C=O) groups excluding carboxylic acids is 1. The van der Waals surface area contributed by atoms with Crippen LogP contribution in [0.1, 0.15) is 24.0 Å². The van der Waals surface area contributed by atoms with Gasteiger partial charge in [0.05, 0.1) is 18.2 Å². The minimum atomic E-state index is -0.0481. The number of rotatable bonds is 7. The van der Waals surface area contributed by atoms with Crippen molar-refractivity contribution in [2.24, 2.45) is 0 Å². The lowest BCUT2D eigenvalue weighted by atomic mass is 10.2. The van der Waals surface area contributed by atoms with Crippen LogP contribution in [0.3, 0.4) is 0 Å². The summed E-state index contributed by atoms with van der Waals surface area (Å²) in [5.74, 6) is -0.0481. The molecule has 0 aromatic heterocycles. The van der Waals surface area contributed by atoms with Crippen molar-refractivity contribution in [3.8, 4) is 6.07 Å². The molecule has 0 aliphatic heterocycles. The molecule has 1 N–H and O–H groups in total. The minimum absolute atomic E-state index is 0.0481. The van der Waals surface area contributed by atoms with E-state index in [1.165, 1.54) is 0 Å². The first-order chi connectivity index (χ1) is 10.8. The summed E-state index contributed by atoms with van der Waals surface area (Å²) in [7, 11) is 0.